The summed E-state index contributed by atoms with van der Waals surface area (Å²) in [6, 6.07) is 7.69. The Morgan fingerprint density at radius 2 is 1.71 bits per heavy atom. The van der Waals surface area contributed by atoms with Crippen LogP contribution < -0.4 is 14.4 Å². The van der Waals surface area contributed by atoms with Gasteiger partial charge in [0.25, 0.3) is 0 Å². The van der Waals surface area contributed by atoms with Crippen LogP contribution in [0, 0.1) is 11.3 Å². The highest BCUT2D eigenvalue weighted by Gasteiger charge is 2.11. The molecular weight excluding hydrogens is 268 g/mol. The molecule has 2 aromatic rings. The van der Waals surface area contributed by atoms with Gasteiger partial charge in [-0.05, 0) is 17.7 Å². The molecule has 6 nitrogen and oxygen atoms in total. The smallest absolute Gasteiger partial charge is 0.183 e. The van der Waals surface area contributed by atoms with E-state index in [9.17, 15) is 0 Å². The van der Waals surface area contributed by atoms with Crippen LogP contribution in [0.5, 0.6) is 11.5 Å². The van der Waals surface area contributed by atoms with Gasteiger partial charge < -0.3 is 14.4 Å². The van der Waals surface area contributed by atoms with E-state index >= 15 is 0 Å². The number of hydrogen-bond acceptors (Lipinski definition) is 6. The summed E-state index contributed by atoms with van der Waals surface area (Å²) >= 11 is 0. The lowest BCUT2D eigenvalue weighted by Gasteiger charge is -2.19. The van der Waals surface area contributed by atoms with Crippen LogP contribution in [0.4, 0.5) is 5.82 Å². The van der Waals surface area contributed by atoms with E-state index in [2.05, 4.69) is 9.97 Å². The SMILES string of the molecule is COc1cc(CN(C)c2nccnc2C#N)cc(OC)c1. The predicted molar refractivity (Wildman–Crippen MR) is 78.4 cm³/mol. The molecule has 0 aliphatic rings. The number of rotatable bonds is 5. The van der Waals surface area contributed by atoms with E-state index in [1.807, 2.05) is 36.2 Å². The summed E-state index contributed by atoms with van der Waals surface area (Å²) < 4.78 is 10.5. The average Bonchev–Trinajstić information content (AvgIpc) is 2.54. The molecule has 0 saturated carbocycles. The van der Waals surface area contributed by atoms with Crippen molar-refractivity contribution in [2.24, 2.45) is 0 Å². The Morgan fingerprint density at radius 1 is 1.10 bits per heavy atom. The largest absolute Gasteiger partial charge is 0.497 e. The van der Waals surface area contributed by atoms with Crippen molar-refractivity contribution in [3.8, 4) is 17.6 Å². The molecular formula is C15H16N4O2. The first-order valence-electron chi connectivity index (χ1n) is 6.32. The monoisotopic (exact) mass is 284 g/mol. The summed E-state index contributed by atoms with van der Waals surface area (Å²) in [4.78, 5) is 10.1. The maximum absolute atomic E-state index is 9.08. The van der Waals surface area contributed by atoms with Gasteiger partial charge in [0.1, 0.15) is 17.6 Å². The van der Waals surface area contributed by atoms with Gasteiger partial charge >= 0.3 is 0 Å². The lowest BCUT2D eigenvalue weighted by atomic mass is 10.2. The molecule has 1 aromatic carbocycles. The minimum atomic E-state index is 0.301. The molecule has 0 unspecified atom stereocenters. The Bertz CT molecular complexity index is 645. The van der Waals surface area contributed by atoms with E-state index < -0.39 is 0 Å². The second kappa shape index (κ2) is 6.57. The van der Waals surface area contributed by atoms with Crippen molar-refractivity contribution < 1.29 is 9.47 Å². The highest BCUT2D eigenvalue weighted by Crippen LogP contribution is 2.24. The number of aromatic nitrogens is 2. The summed E-state index contributed by atoms with van der Waals surface area (Å²) in [5.74, 6) is 1.98. The lowest BCUT2D eigenvalue weighted by Crippen LogP contribution is -2.19. The van der Waals surface area contributed by atoms with Crippen molar-refractivity contribution in [3.05, 3.63) is 41.9 Å². The molecule has 0 atom stereocenters. The van der Waals surface area contributed by atoms with Gasteiger partial charge in [-0.1, -0.05) is 0 Å². The fourth-order valence-corrected chi connectivity index (χ4v) is 2.00. The normalized spacial score (nSPS) is 9.81. The van der Waals surface area contributed by atoms with Gasteiger partial charge in [-0.25, -0.2) is 9.97 Å². The Labute approximate surface area is 123 Å². The summed E-state index contributed by atoms with van der Waals surface area (Å²) in [7, 11) is 5.08. The molecule has 0 amide bonds. The van der Waals surface area contributed by atoms with E-state index in [1.165, 1.54) is 6.20 Å². The molecule has 0 bridgehead atoms. The minimum Gasteiger partial charge on any atom is -0.497 e. The molecule has 2 rings (SSSR count). The molecule has 108 valence electrons. The molecule has 1 aromatic heterocycles. The van der Waals surface area contributed by atoms with Crippen LogP contribution in [0.2, 0.25) is 0 Å². The quantitative estimate of drug-likeness (QED) is 0.836. The molecule has 0 aliphatic carbocycles. The van der Waals surface area contributed by atoms with Crippen molar-refractivity contribution in [2.75, 3.05) is 26.2 Å². The molecule has 0 spiro atoms. The van der Waals surface area contributed by atoms with Gasteiger partial charge in [0, 0.05) is 32.1 Å². The molecule has 0 aliphatic heterocycles. The van der Waals surface area contributed by atoms with Crippen molar-refractivity contribution in [3.63, 3.8) is 0 Å². The van der Waals surface area contributed by atoms with Gasteiger partial charge in [-0.15, -0.1) is 0 Å². The topological polar surface area (TPSA) is 71.3 Å². The van der Waals surface area contributed by atoms with Crippen molar-refractivity contribution >= 4 is 5.82 Å². The molecule has 1 heterocycles. The molecule has 0 radical (unpaired) electrons. The Balaban J connectivity index is 2.27. The van der Waals surface area contributed by atoms with E-state index in [1.54, 1.807) is 20.4 Å². The van der Waals surface area contributed by atoms with Crippen LogP contribution >= 0.6 is 0 Å². The van der Waals surface area contributed by atoms with Crippen molar-refractivity contribution in [1.82, 2.24) is 9.97 Å². The van der Waals surface area contributed by atoms with E-state index in [-0.39, 0.29) is 0 Å². The third-order valence-corrected chi connectivity index (χ3v) is 2.98. The highest BCUT2D eigenvalue weighted by atomic mass is 16.5. The Kier molecular flexibility index (Phi) is 4.57. The molecule has 0 fully saturated rings. The summed E-state index contributed by atoms with van der Waals surface area (Å²) in [5, 5.41) is 9.08. The molecule has 0 N–H and O–H groups in total. The first-order valence-corrected chi connectivity index (χ1v) is 6.32. The van der Waals surface area contributed by atoms with Gasteiger partial charge in [0.15, 0.2) is 11.5 Å². The second-order valence-corrected chi connectivity index (χ2v) is 4.42. The minimum absolute atomic E-state index is 0.301. The third-order valence-electron chi connectivity index (χ3n) is 2.98. The first-order chi connectivity index (χ1) is 10.2. The van der Waals surface area contributed by atoms with E-state index in [4.69, 9.17) is 14.7 Å². The fraction of sp³-hybridized carbons (Fsp3) is 0.267. The van der Waals surface area contributed by atoms with Crippen LogP contribution in [-0.4, -0.2) is 31.2 Å². The van der Waals surface area contributed by atoms with Gasteiger partial charge in [0.05, 0.1) is 14.2 Å². The lowest BCUT2D eigenvalue weighted by molar-refractivity contribution is 0.393. The Morgan fingerprint density at radius 3 is 2.29 bits per heavy atom. The predicted octanol–water partition coefficient (Wildman–Crippen LogP) is 2.00. The number of nitriles is 1. The van der Waals surface area contributed by atoms with Crippen LogP contribution in [0.15, 0.2) is 30.6 Å². The maximum Gasteiger partial charge on any atom is 0.183 e. The summed E-state index contributed by atoms with van der Waals surface area (Å²) in [6.45, 7) is 0.556. The zero-order chi connectivity index (χ0) is 15.2. The molecule has 6 heteroatoms. The molecule has 0 saturated heterocycles. The summed E-state index contributed by atoms with van der Waals surface area (Å²) in [6.07, 6.45) is 3.07. The zero-order valence-corrected chi connectivity index (χ0v) is 12.2. The number of ether oxygens (including phenoxy) is 2. The van der Waals surface area contributed by atoms with Gasteiger partial charge in [-0.2, -0.15) is 5.26 Å². The third kappa shape index (κ3) is 3.39. The maximum atomic E-state index is 9.08. The van der Waals surface area contributed by atoms with Crippen LogP contribution in [0.1, 0.15) is 11.3 Å². The van der Waals surface area contributed by atoms with E-state index in [0.29, 0.717) is 18.1 Å². The van der Waals surface area contributed by atoms with Crippen LogP contribution in [0.3, 0.4) is 0 Å². The van der Waals surface area contributed by atoms with Crippen LogP contribution in [-0.2, 0) is 6.54 Å². The summed E-state index contributed by atoms with van der Waals surface area (Å²) in [5.41, 5.74) is 1.29. The zero-order valence-electron chi connectivity index (χ0n) is 12.2. The second-order valence-electron chi connectivity index (χ2n) is 4.42. The number of benzene rings is 1. The van der Waals surface area contributed by atoms with Crippen LogP contribution in [0.25, 0.3) is 0 Å². The fourth-order valence-electron chi connectivity index (χ4n) is 2.00. The standard InChI is InChI=1S/C15H16N4O2/c1-19(15-14(9-16)17-4-5-18-15)10-11-6-12(20-2)8-13(7-11)21-3/h4-8H,10H2,1-3H3. The Hall–Kier alpha value is -2.81. The molecule has 21 heavy (non-hydrogen) atoms. The van der Waals surface area contributed by atoms with Gasteiger partial charge in [-0.3, -0.25) is 0 Å². The van der Waals surface area contributed by atoms with Gasteiger partial charge in [0.2, 0.25) is 0 Å². The van der Waals surface area contributed by atoms with Crippen molar-refractivity contribution in [2.45, 2.75) is 6.54 Å². The van der Waals surface area contributed by atoms with Crippen molar-refractivity contribution in [1.29, 1.82) is 5.26 Å². The first kappa shape index (κ1) is 14.6. The highest BCUT2D eigenvalue weighted by molar-refractivity contribution is 5.50. The number of hydrogen-bond donors (Lipinski definition) is 0. The number of anilines is 1. The average molecular weight is 284 g/mol. The number of nitrogens with zero attached hydrogens (tertiary/aromatic N) is 4. The van der Waals surface area contributed by atoms with E-state index in [0.717, 1.165) is 17.1 Å². The number of methoxy groups -OCH3 is 2.